The molecule has 1 amide bonds. The van der Waals surface area contributed by atoms with Gasteiger partial charge in [0.05, 0.1) is 20.3 Å². The van der Waals surface area contributed by atoms with Crippen molar-refractivity contribution < 1.29 is 14.3 Å². The predicted molar refractivity (Wildman–Crippen MR) is 123 cm³/mol. The minimum Gasteiger partial charge on any atom is -0.481 e. The summed E-state index contributed by atoms with van der Waals surface area (Å²) in [6, 6.07) is 13.1. The Hall–Kier alpha value is -3.49. The van der Waals surface area contributed by atoms with Gasteiger partial charge in [-0.2, -0.15) is 0 Å². The smallest absolute Gasteiger partial charge is 0.251 e. The van der Waals surface area contributed by atoms with Crippen LogP contribution in [0.5, 0.6) is 5.88 Å². The van der Waals surface area contributed by atoms with Gasteiger partial charge >= 0.3 is 0 Å². The summed E-state index contributed by atoms with van der Waals surface area (Å²) in [5.74, 6) is 0.887. The van der Waals surface area contributed by atoms with Crippen molar-refractivity contribution in [1.29, 1.82) is 0 Å². The number of nitrogens with one attached hydrogen (secondary N) is 1. The summed E-state index contributed by atoms with van der Waals surface area (Å²) in [5, 5.41) is 2.99. The van der Waals surface area contributed by atoms with Crippen molar-refractivity contribution in [3.05, 3.63) is 60.4 Å². The van der Waals surface area contributed by atoms with Crippen LogP contribution in [-0.4, -0.2) is 67.3 Å². The maximum Gasteiger partial charge on any atom is 0.251 e. The van der Waals surface area contributed by atoms with E-state index in [0.717, 1.165) is 55.1 Å². The normalized spacial score (nSPS) is 14.2. The number of ether oxygens (including phenoxy) is 2. The number of aromatic nitrogens is 2. The van der Waals surface area contributed by atoms with Crippen LogP contribution in [0.4, 0.5) is 5.82 Å². The first kappa shape index (κ1) is 21.7. The zero-order chi connectivity index (χ0) is 22.3. The van der Waals surface area contributed by atoms with Crippen LogP contribution >= 0.6 is 0 Å². The third-order valence-electron chi connectivity index (χ3n) is 5.47. The Labute approximate surface area is 187 Å². The number of nitrogens with two attached hydrogens (primary N) is 1. The zero-order valence-electron chi connectivity index (χ0n) is 18.1. The van der Waals surface area contributed by atoms with Crippen molar-refractivity contribution in [2.45, 2.75) is 0 Å². The summed E-state index contributed by atoms with van der Waals surface area (Å²) >= 11 is 0. The van der Waals surface area contributed by atoms with Gasteiger partial charge in [-0.1, -0.05) is 12.1 Å². The number of hydrogen-bond donors (Lipinski definition) is 2. The molecule has 0 bridgehead atoms. The molecule has 1 aliphatic heterocycles. The SMILES string of the molecule is COc1ccc(-c2cc(-c3ccc(C(=O)NCCN4CCOCC4)cc3)cnc2N)cn1. The van der Waals surface area contributed by atoms with Crippen LogP contribution in [0, 0.1) is 0 Å². The van der Waals surface area contributed by atoms with E-state index in [1.807, 2.05) is 36.4 Å². The third-order valence-corrected chi connectivity index (χ3v) is 5.47. The second-order valence-electron chi connectivity index (χ2n) is 7.53. The van der Waals surface area contributed by atoms with E-state index in [1.54, 1.807) is 25.6 Å². The van der Waals surface area contributed by atoms with Gasteiger partial charge in [-0.3, -0.25) is 9.69 Å². The fourth-order valence-electron chi connectivity index (χ4n) is 3.59. The zero-order valence-corrected chi connectivity index (χ0v) is 18.1. The highest BCUT2D eigenvalue weighted by atomic mass is 16.5. The number of amides is 1. The largest absolute Gasteiger partial charge is 0.481 e. The summed E-state index contributed by atoms with van der Waals surface area (Å²) in [6.45, 7) is 4.77. The van der Waals surface area contributed by atoms with Crippen molar-refractivity contribution in [3.8, 4) is 28.1 Å². The standard InChI is InChI=1S/C24H27N5O3/c1-31-22-7-6-19(15-27-22)21-14-20(16-28-23(21)25)17-2-4-18(5-3-17)24(30)26-8-9-29-10-12-32-13-11-29/h2-7,14-16H,8-13H2,1H3,(H2,25,28)(H,26,30). The molecule has 0 atom stereocenters. The van der Waals surface area contributed by atoms with E-state index >= 15 is 0 Å². The van der Waals surface area contributed by atoms with Gasteiger partial charge in [0.15, 0.2) is 0 Å². The van der Waals surface area contributed by atoms with Crippen molar-refractivity contribution >= 4 is 11.7 Å². The molecular formula is C24H27N5O3. The quantitative estimate of drug-likeness (QED) is 0.590. The lowest BCUT2D eigenvalue weighted by molar-refractivity contribution is 0.0383. The van der Waals surface area contributed by atoms with E-state index in [-0.39, 0.29) is 5.91 Å². The lowest BCUT2D eigenvalue weighted by Crippen LogP contribution is -2.41. The Kier molecular flexibility index (Phi) is 6.94. The van der Waals surface area contributed by atoms with Crippen LogP contribution in [0.25, 0.3) is 22.3 Å². The monoisotopic (exact) mass is 433 g/mol. The first-order chi connectivity index (χ1) is 15.6. The molecule has 4 rings (SSSR count). The molecule has 0 radical (unpaired) electrons. The van der Waals surface area contributed by atoms with Gasteiger partial charge in [-0.25, -0.2) is 9.97 Å². The predicted octanol–water partition coefficient (Wildman–Crippen LogP) is 2.46. The number of methoxy groups -OCH3 is 1. The minimum absolute atomic E-state index is 0.0785. The first-order valence-corrected chi connectivity index (χ1v) is 10.6. The van der Waals surface area contributed by atoms with Crippen LogP contribution in [0.3, 0.4) is 0 Å². The molecule has 3 aromatic rings. The van der Waals surface area contributed by atoms with Crippen LogP contribution < -0.4 is 15.8 Å². The van der Waals surface area contributed by atoms with E-state index < -0.39 is 0 Å². The molecule has 8 nitrogen and oxygen atoms in total. The van der Waals surface area contributed by atoms with E-state index in [1.165, 1.54) is 0 Å². The Bertz CT molecular complexity index is 1050. The maximum absolute atomic E-state index is 12.5. The fraction of sp³-hybridized carbons (Fsp3) is 0.292. The number of nitrogen functional groups attached to an aromatic ring is 1. The van der Waals surface area contributed by atoms with Crippen molar-refractivity contribution in [3.63, 3.8) is 0 Å². The lowest BCUT2D eigenvalue weighted by Gasteiger charge is -2.26. The van der Waals surface area contributed by atoms with Crippen molar-refractivity contribution in [1.82, 2.24) is 20.2 Å². The summed E-state index contributed by atoms with van der Waals surface area (Å²) in [4.78, 5) is 23.3. The van der Waals surface area contributed by atoms with Gasteiger partial charge in [0.25, 0.3) is 5.91 Å². The number of rotatable bonds is 7. The molecule has 3 N–H and O–H groups in total. The highest BCUT2D eigenvalue weighted by Gasteiger charge is 2.12. The molecule has 3 heterocycles. The average molecular weight is 434 g/mol. The number of nitrogens with zero attached hydrogens (tertiary/aromatic N) is 3. The number of benzene rings is 1. The number of hydrogen-bond acceptors (Lipinski definition) is 7. The number of carbonyl (C=O) groups excluding carboxylic acids is 1. The number of carbonyl (C=O) groups is 1. The lowest BCUT2D eigenvalue weighted by atomic mass is 10.0. The van der Waals surface area contributed by atoms with Crippen LogP contribution in [0.15, 0.2) is 54.9 Å². The van der Waals surface area contributed by atoms with Crippen molar-refractivity contribution in [2.75, 3.05) is 52.2 Å². The number of morpholine rings is 1. The van der Waals surface area contributed by atoms with E-state index in [2.05, 4.69) is 20.2 Å². The molecule has 32 heavy (non-hydrogen) atoms. The van der Waals surface area contributed by atoms with Gasteiger partial charge < -0.3 is 20.5 Å². The summed E-state index contributed by atoms with van der Waals surface area (Å²) in [5.41, 5.74) is 10.2. The first-order valence-electron chi connectivity index (χ1n) is 10.6. The van der Waals surface area contributed by atoms with Crippen LogP contribution in [-0.2, 0) is 4.74 Å². The van der Waals surface area contributed by atoms with E-state index in [9.17, 15) is 4.79 Å². The molecule has 1 aromatic carbocycles. The fourth-order valence-corrected chi connectivity index (χ4v) is 3.59. The minimum atomic E-state index is -0.0785. The molecule has 1 saturated heterocycles. The molecule has 0 aliphatic carbocycles. The van der Waals surface area contributed by atoms with Crippen LogP contribution in [0.1, 0.15) is 10.4 Å². The topological polar surface area (TPSA) is 103 Å². The molecule has 1 aliphatic rings. The van der Waals surface area contributed by atoms with Gasteiger partial charge in [0.2, 0.25) is 5.88 Å². The van der Waals surface area contributed by atoms with Gasteiger partial charge in [-0.15, -0.1) is 0 Å². The Morgan fingerprint density at radius 1 is 1.06 bits per heavy atom. The molecule has 0 spiro atoms. The van der Waals surface area contributed by atoms with E-state index in [0.29, 0.717) is 23.8 Å². The van der Waals surface area contributed by atoms with Crippen molar-refractivity contribution in [2.24, 2.45) is 0 Å². The van der Waals surface area contributed by atoms with Gasteiger partial charge in [0, 0.05) is 66.9 Å². The number of anilines is 1. The Morgan fingerprint density at radius 2 is 1.78 bits per heavy atom. The molecule has 0 saturated carbocycles. The summed E-state index contributed by atoms with van der Waals surface area (Å²) in [6.07, 6.45) is 3.44. The summed E-state index contributed by atoms with van der Waals surface area (Å²) in [7, 11) is 1.58. The molecule has 1 fully saturated rings. The molecular weight excluding hydrogens is 406 g/mol. The second-order valence-corrected chi connectivity index (χ2v) is 7.53. The van der Waals surface area contributed by atoms with Gasteiger partial charge in [0.1, 0.15) is 5.82 Å². The summed E-state index contributed by atoms with van der Waals surface area (Å²) < 4.78 is 10.5. The average Bonchev–Trinajstić information content (AvgIpc) is 2.85. The number of pyridine rings is 2. The third kappa shape index (κ3) is 5.22. The molecule has 8 heteroatoms. The second kappa shape index (κ2) is 10.2. The highest BCUT2D eigenvalue weighted by Crippen LogP contribution is 2.30. The Balaban J connectivity index is 1.42. The molecule has 0 unspecified atom stereocenters. The highest BCUT2D eigenvalue weighted by molar-refractivity contribution is 5.94. The Morgan fingerprint density at radius 3 is 2.47 bits per heavy atom. The van der Waals surface area contributed by atoms with E-state index in [4.69, 9.17) is 15.2 Å². The molecule has 166 valence electrons. The van der Waals surface area contributed by atoms with Gasteiger partial charge in [-0.05, 0) is 29.8 Å². The maximum atomic E-state index is 12.5. The van der Waals surface area contributed by atoms with Crippen LogP contribution in [0.2, 0.25) is 0 Å². The molecule has 2 aromatic heterocycles.